The maximum Gasteiger partial charge on any atom is 0.264 e. The fraction of sp³-hybridized carbons (Fsp3) is 0.514. The highest BCUT2D eigenvalue weighted by Gasteiger charge is 2.41. The van der Waals surface area contributed by atoms with E-state index in [2.05, 4.69) is 15.4 Å². The fourth-order valence-corrected chi connectivity index (χ4v) is 6.55. The molecular weight excluding hydrogens is 602 g/mol. The van der Waals surface area contributed by atoms with Gasteiger partial charge in [0.25, 0.3) is 15.9 Å². The molecule has 0 aromatic heterocycles. The van der Waals surface area contributed by atoms with Crippen LogP contribution in [0.25, 0.3) is 0 Å². The average Bonchev–Trinajstić information content (AvgIpc) is 2.97. The molecule has 0 heterocycles. The second kappa shape index (κ2) is 15.3. The number of nitrogens with zero attached hydrogens (tertiary/aromatic N) is 1. The molecule has 3 atom stereocenters. The van der Waals surface area contributed by atoms with Crippen LogP contribution in [-0.4, -0.2) is 63.3 Å². The maximum absolute atomic E-state index is 14.1. The molecular formula is C35H53N5O5S. The lowest BCUT2D eigenvalue weighted by Gasteiger charge is -2.40. The van der Waals surface area contributed by atoms with E-state index in [1.165, 1.54) is 30.0 Å². The molecule has 0 aliphatic rings. The summed E-state index contributed by atoms with van der Waals surface area (Å²) < 4.78 is 28.2. The van der Waals surface area contributed by atoms with Crippen LogP contribution in [0.1, 0.15) is 73.4 Å². The first-order valence-corrected chi connectivity index (χ1v) is 17.1. The zero-order valence-corrected chi connectivity index (χ0v) is 30.0. The summed E-state index contributed by atoms with van der Waals surface area (Å²) in [5.41, 5.74) is 6.92. The number of benzene rings is 2. The summed E-state index contributed by atoms with van der Waals surface area (Å²) in [6, 6.07) is 11.9. The lowest BCUT2D eigenvalue weighted by molar-refractivity contribution is -0.140. The van der Waals surface area contributed by atoms with Gasteiger partial charge in [0.2, 0.25) is 11.8 Å². The lowest BCUT2D eigenvalue weighted by atomic mass is 9.76. The summed E-state index contributed by atoms with van der Waals surface area (Å²) in [4.78, 5) is 42.5. The number of sulfonamides is 1. The molecule has 0 unspecified atom stereocenters. The van der Waals surface area contributed by atoms with Crippen LogP contribution in [0, 0.1) is 11.3 Å². The van der Waals surface area contributed by atoms with Crippen LogP contribution >= 0.6 is 0 Å². The van der Waals surface area contributed by atoms with Crippen LogP contribution in [0.3, 0.4) is 0 Å². The molecule has 0 aliphatic carbocycles. The number of carbonyl (C=O) groups is 3. The minimum Gasteiger partial charge on any atom is -0.399 e. The molecule has 0 fully saturated rings. The molecule has 11 heteroatoms. The molecule has 0 saturated carbocycles. The van der Waals surface area contributed by atoms with E-state index in [1.807, 2.05) is 85.7 Å². The molecule has 3 amide bonds. The summed E-state index contributed by atoms with van der Waals surface area (Å²) >= 11 is 0. The number of nitrogen functional groups attached to an aromatic ring is 1. The van der Waals surface area contributed by atoms with Crippen molar-refractivity contribution in [1.29, 1.82) is 0 Å². The van der Waals surface area contributed by atoms with Gasteiger partial charge >= 0.3 is 0 Å². The van der Waals surface area contributed by atoms with E-state index in [4.69, 9.17) is 5.73 Å². The zero-order chi connectivity index (χ0) is 35.2. The third kappa shape index (κ3) is 9.19. The van der Waals surface area contributed by atoms with Gasteiger partial charge in [-0.2, -0.15) is 0 Å². The van der Waals surface area contributed by atoms with Crippen molar-refractivity contribution < 1.29 is 22.8 Å². The van der Waals surface area contributed by atoms with Crippen molar-refractivity contribution in [1.82, 2.24) is 20.3 Å². The summed E-state index contributed by atoms with van der Waals surface area (Å²) in [5, 5.41) is 6.15. The molecule has 0 spiro atoms. The molecule has 254 valence electrons. The van der Waals surface area contributed by atoms with Gasteiger partial charge in [0.05, 0.1) is 17.0 Å². The Morgan fingerprint density at radius 1 is 0.978 bits per heavy atom. The predicted octanol–water partition coefficient (Wildman–Crippen LogP) is 4.16. The highest BCUT2D eigenvalue weighted by Crippen LogP contribution is 2.29. The first-order valence-electron chi connectivity index (χ1n) is 15.6. The van der Waals surface area contributed by atoms with Crippen molar-refractivity contribution in [3.8, 4) is 0 Å². The Bertz CT molecular complexity index is 1530. The molecule has 2 aromatic rings. The monoisotopic (exact) mass is 655 g/mol. The Balaban J connectivity index is 2.34. The number of rotatable bonds is 13. The molecule has 2 rings (SSSR count). The normalized spacial score (nSPS) is 14.7. The van der Waals surface area contributed by atoms with Gasteiger partial charge in [-0.3, -0.25) is 14.4 Å². The van der Waals surface area contributed by atoms with Gasteiger partial charge in [0.1, 0.15) is 6.04 Å². The van der Waals surface area contributed by atoms with Crippen molar-refractivity contribution in [3.05, 3.63) is 71.3 Å². The summed E-state index contributed by atoms with van der Waals surface area (Å²) in [7, 11) is -0.819. The number of aryl methyl sites for hydroxylation is 1. The number of hydrogen-bond acceptors (Lipinski definition) is 7. The van der Waals surface area contributed by atoms with Gasteiger partial charge in [-0.25, -0.2) is 13.1 Å². The third-order valence-electron chi connectivity index (χ3n) is 8.48. The van der Waals surface area contributed by atoms with E-state index in [-0.39, 0.29) is 28.2 Å². The van der Waals surface area contributed by atoms with Crippen LogP contribution in [0.4, 0.5) is 5.69 Å². The van der Waals surface area contributed by atoms with Gasteiger partial charge in [0, 0.05) is 23.7 Å². The van der Waals surface area contributed by atoms with E-state index in [0.717, 1.165) is 5.56 Å². The standard InChI is InChI=1S/C35H53N5O5S/c1-12-24-21-26(18-19-27(24)36)46(44,45)39-31(41)23(4)20-28(22(2)3)40(11)33(43)30(34(5,6)7)38-32(42)29(37-10)35(8,9)25-16-14-13-15-17-25/h13-22,28-30,37H,12,36H2,1-11H3,(H,38,42)(H,39,41)/t28-,29-,30-/m1/s1. The summed E-state index contributed by atoms with van der Waals surface area (Å²) in [5.74, 6) is -1.60. The van der Waals surface area contributed by atoms with Crippen LogP contribution in [-0.2, 0) is 36.2 Å². The van der Waals surface area contributed by atoms with Crippen LogP contribution in [0.2, 0.25) is 0 Å². The van der Waals surface area contributed by atoms with Crippen molar-refractivity contribution in [2.45, 2.75) is 97.2 Å². The minimum atomic E-state index is -4.17. The lowest BCUT2D eigenvalue weighted by Crippen LogP contribution is -2.61. The largest absolute Gasteiger partial charge is 0.399 e. The molecule has 0 aliphatic heterocycles. The number of hydrogen-bond donors (Lipinski definition) is 4. The molecule has 0 saturated heterocycles. The molecule has 46 heavy (non-hydrogen) atoms. The Morgan fingerprint density at radius 2 is 1.57 bits per heavy atom. The maximum atomic E-state index is 14.1. The molecule has 0 radical (unpaired) electrons. The minimum absolute atomic E-state index is 0.0634. The Kier molecular flexibility index (Phi) is 12.8. The zero-order valence-electron chi connectivity index (χ0n) is 29.2. The SMILES string of the molecule is CCc1cc(S(=O)(=O)NC(=O)C(C)=C[C@H](C(C)C)N(C)C(=O)[C@@H](NC(=O)[C@@H](NC)C(C)(C)c2ccccc2)C(C)(C)C)ccc1N. The molecule has 0 bridgehead atoms. The third-order valence-corrected chi connectivity index (χ3v) is 9.81. The van der Waals surface area contributed by atoms with Crippen LogP contribution in [0.5, 0.6) is 0 Å². The second-order valence-electron chi connectivity index (χ2n) is 13.8. The van der Waals surface area contributed by atoms with Crippen molar-refractivity contribution in [2.24, 2.45) is 11.3 Å². The second-order valence-corrected chi connectivity index (χ2v) is 15.5. The first kappa shape index (κ1) is 38.5. The van der Waals surface area contributed by atoms with Crippen molar-refractivity contribution in [3.63, 3.8) is 0 Å². The average molecular weight is 656 g/mol. The molecule has 2 aromatic carbocycles. The first-order chi connectivity index (χ1) is 21.2. The van der Waals surface area contributed by atoms with E-state index in [1.54, 1.807) is 20.2 Å². The highest BCUT2D eigenvalue weighted by molar-refractivity contribution is 7.90. The quantitative estimate of drug-likeness (QED) is 0.187. The topological polar surface area (TPSA) is 151 Å². The fourth-order valence-electron chi connectivity index (χ4n) is 5.48. The Morgan fingerprint density at radius 3 is 2.07 bits per heavy atom. The van der Waals surface area contributed by atoms with E-state index >= 15 is 0 Å². The Hall–Kier alpha value is -3.70. The van der Waals surface area contributed by atoms with Crippen LogP contribution < -0.4 is 21.1 Å². The molecule has 5 N–H and O–H groups in total. The number of likely N-dealkylation sites (N-methyl/N-ethyl adjacent to an activating group) is 2. The highest BCUT2D eigenvalue weighted by atomic mass is 32.2. The van der Waals surface area contributed by atoms with Gasteiger partial charge in [0.15, 0.2) is 0 Å². The number of nitrogens with two attached hydrogens (primary N) is 1. The summed E-state index contributed by atoms with van der Waals surface area (Å²) in [6.45, 7) is 16.8. The van der Waals surface area contributed by atoms with Crippen LogP contribution in [0.15, 0.2) is 65.1 Å². The van der Waals surface area contributed by atoms with E-state index in [0.29, 0.717) is 17.7 Å². The smallest absolute Gasteiger partial charge is 0.264 e. The van der Waals surface area contributed by atoms with Gasteiger partial charge in [-0.05, 0) is 61.1 Å². The molecule has 10 nitrogen and oxygen atoms in total. The Labute approximate surface area is 275 Å². The van der Waals surface area contributed by atoms with Crippen molar-refractivity contribution in [2.75, 3.05) is 19.8 Å². The number of carbonyl (C=O) groups excluding carboxylic acids is 3. The number of amides is 3. The number of nitrogens with one attached hydrogen (secondary N) is 3. The van der Waals surface area contributed by atoms with E-state index in [9.17, 15) is 22.8 Å². The van der Waals surface area contributed by atoms with Gasteiger partial charge < -0.3 is 21.3 Å². The summed E-state index contributed by atoms with van der Waals surface area (Å²) in [6.07, 6.45) is 2.12. The number of anilines is 1. The van der Waals surface area contributed by atoms with Gasteiger partial charge in [-0.1, -0.05) is 91.8 Å². The van der Waals surface area contributed by atoms with E-state index < -0.39 is 44.9 Å². The van der Waals surface area contributed by atoms with Crippen molar-refractivity contribution >= 4 is 33.4 Å². The predicted molar refractivity (Wildman–Crippen MR) is 184 cm³/mol. The van der Waals surface area contributed by atoms with Gasteiger partial charge in [-0.15, -0.1) is 0 Å².